The molecule has 0 atom stereocenters. The highest BCUT2D eigenvalue weighted by Gasteiger charge is 2.58. The molecule has 1 saturated carbocycles. The lowest BCUT2D eigenvalue weighted by molar-refractivity contribution is -0.145. The molecule has 0 unspecified atom stereocenters. The Kier molecular flexibility index (Phi) is 5.35. The Morgan fingerprint density at radius 2 is 1.59 bits per heavy atom. The summed E-state index contributed by atoms with van der Waals surface area (Å²) >= 11 is 0. The average Bonchev–Trinajstić information content (AvgIpc) is 3.34. The van der Waals surface area contributed by atoms with Crippen molar-refractivity contribution in [3.63, 3.8) is 0 Å². The standard InChI is InChI=1S/C22H26F6N8O/c23-21(24,25)2-4-35-3-1-15(30-35)7-32-8-20(9-32)12-34(13-20)18(37)33-10-19(11-33)5-16(6-19)36-14-29-17(31-36)22(26,27)28/h1,3,14,16H,2,4-13H2. The molecule has 2 aromatic heterocycles. The van der Waals surface area contributed by atoms with Gasteiger partial charge in [-0.25, -0.2) is 14.5 Å². The number of hydrogen-bond acceptors (Lipinski definition) is 5. The summed E-state index contributed by atoms with van der Waals surface area (Å²) in [5.74, 6) is -1.13. The minimum atomic E-state index is -4.55. The van der Waals surface area contributed by atoms with Crippen molar-refractivity contribution in [3.05, 3.63) is 30.1 Å². The van der Waals surface area contributed by atoms with Gasteiger partial charge in [-0.1, -0.05) is 0 Å². The molecule has 0 N–H and O–H groups in total. The number of amides is 2. The fourth-order valence-corrected chi connectivity index (χ4v) is 6.26. The zero-order valence-corrected chi connectivity index (χ0v) is 19.8. The summed E-state index contributed by atoms with van der Waals surface area (Å²) in [5.41, 5.74) is 0.765. The number of likely N-dealkylation sites (tertiary alicyclic amines) is 3. The van der Waals surface area contributed by atoms with Crippen molar-refractivity contribution in [3.8, 4) is 0 Å². The summed E-state index contributed by atoms with van der Waals surface area (Å²) in [4.78, 5) is 22.0. The molecule has 2 amide bonds. The van der Waals surface area contributed by atoms with Crippen molar-refractivity contribution in [1.82, 2.24) is 39.2 Å². The zero-order chi connectivity index (χ0) is 26.2. The SMILES string of the molecule is O=C(N1CC2(CC(n3cnc(C(F)(F)F)n3)C2)C1)N1CC2(CN(Cc3ccn(CCC(F)(F)F)n3)C2)C1. The number of halogens is 6. The summed E-state index contributed by atoms with van der Waals surface area (Å²) in [5, 5.41) is 7.78. The van der Waals surface area contributed by atoms with Gasteiger partial charge in [0, 0.05) is 69.4 Å². The van der Waals surface area contributed by atoms with Gasteiger partial charge >= 0.3 is 18.4 Å². The van der Waals surface area contributed by atoms with Crippen molar-refractivity contribution in [2.75, 3.05) is 39.3 Å². The molecule has 37 heavy (non-hydrogen) atoms. The highest BCUT2D eigenvalue weighted by Crippen LogP contribution is 2.54. The normalized spacial score (nSPS) is 23.1. The topological polar surface area (TPSA) is 75.3 Å². The number of urea groups is 1. The lowest BCUT2D eigenvalue weighted by atomic mass is 9.60. The summed E-state index contributed by atoms with van der Waals surface area (Å²) in [6.45, 7) is 4.57. The number of carbonyl (C=O) groups excluding carboxylic acids is 1. The number of hydrogen-bond donors (Lipinski definition) is 0. The van der Waals surface area contributed by atoms with E-state index in [2.05, 4.69) is 20.1 Å². The van der Waals surface area contributed by atoms with E-state index in [0.29, 0.717) is 45.6 Å². The molecule has 1 aliphatic carbocycles. The van der Waals surface area contributed by atoms with Gasteiger partial charge in [-0.15, -0.1) is 5.10 Å². The quantitative estimate of drug-likeness (QED) is 0.554. The first-order valence-corrected chi connectivity index (χ1v) is 12.1. The number of aryl methyl sites for hydroxylation is 1. The Hall–Kier alpha value is -2.84. The van der Waals surface area contributed by atoms with Crippen LogP contribution in [0.25, 0.3) is 0 Å². The maximum absolute atomic E-state index is 12.8. The molecule has 15 heteroatoms. The monoisotopic (exact) mass is 532 g/mol. The number of rotatable bonds is 5. The van der Waals surface area contributed by atoms with Crippen LogP contribution in [0.15, 0.2) is 18.6 Å². The van der Waals surface area contributed by atoms with E-state index < -0.39 is 24.6 Å². The van der Waals surface area contributed by atoms with Crippen LogP contribution in [-0.2, 0) is 19.3 Å². The van der Waals surface area contributed by atoms with Crippen molar-refractivity contribution >= 4 is 6.03 Å². The molecule has 3 aliphatic heterocycles. The fourth-order valence-electron chi connectivity index (χ4n) is 6.26. The molecule has 202 valence electrons. The molecule has 0 bridgehead atoms. The average molecular weight is 532 g/mol. The van der Waals surface area contributed by atoms with Crippen molar-refractivity contribution in [1.29, 1.82) is 0 Å². The predicted molar refractivity (Wildman–Crippen MR) is 115 cm³/mol. The van der Waals surface area contributed by atoms with Crippen LogP contribution < -0.4 is 0 Å². The van der Waals surface area contributed by atoms with Gasteiger partial charge < -0.3 is 9.80 Å². The Morgan fingerprint density at radius 1 is 0.946 bits per heavy atom. The van der Waals surface area contributed by atoms with E-state index in [1.54, 1.807) is 17.2 Å². The van der Waals surface area contributed by atoms with E-state index in [0.717, 1.165) is 25.1 Å². The van der Waals surface area contributed by atoms with Gasteiger partial charge in [0.05, 0.1) is 18.2 Å². The minimum absolute atomic E-state index is 0.00155. The van der Waals surface area contributed by atoms with E-state index in [-0.39, 0.29) is 29.4 Å². The van der Waals surface area contributed by atoms with Crippen LogP contribution in [0.1, 0.15) is 36.8 Å². The van der Waals surface area contributed by atoms with E-state index >= 15 is 0 Å². The number of nitrogens with zero attached hydrogens (tertiary/aromatic N) is 8. The first-order valence-electron chi connectivity index (χ1n) is 12.1. The van der Waals surface area contributed by atoms with Crippen LogP contribution in [-0.4, -0.2) is 90.7 Å². The zero-order valence-electron chi connectivity index (χ0n) is 19.8. The van der Waals surface area contributed by atoms with Gasteiger partial charge in [0.25, 0.3) is 5.82 Å². The molecule has 4 aliphatic rings. The minimum Gasteiger partial charge on any atom is -0.323 e. The third-order valence-electron chi connectivity index (χ3n) is 7.94. The summed E-state index contributed by atoms with van der Waals surface area (Å²) in [6, 6.07) is 1.62. The van der Waals surface area contributed by atoms with Crippen LogP contribution in [0.5, 0.6) is 0 Å². The molecule has 2 aromatic rings. The van der Waals surface area contributed by atoms with E-state index in [1.165, 1.54) is 9.36 Å². The highest BCUT2D eigenvalue weighted by atomic mass is 19.4. The molecule has 9 nitrogen and oxygen atoms in total. The van der Waals surface area contributed by atoms with Crippen LogP contribution in [0.2, 0.25) is 0 Å². The molecular formula is C22H26F6N8O. The second-order valence-electron chi connectivity index (χ2n) is 11.2. The second kappa shape index (κ2) is 8.08. The van der Waals surface area contributed by atoms with Crippen LogP contribution in [0, 0.1) is 10.8 Å². The molecule has 0 aromatic carbocycles. The van der Waals surface area contributed by atoms with Gasteiger partial charge in [0.2, 0.25) is 0 Å². The maximum atomic E-state index is 12.8. The second-order valence-corrected chi connectivity index (χ2v) is 11.2. The maximum Gasteiger partial charge on any atom is 0.453 e. The van der Waals surface area contributed by atoms with Crippen LogP contribution >= 0.6 is 0 Å². The Labute approximate surface area is 208 Å². The number of alkyl halides is 6. The first-order chi connectivity index (χ1) is 17.3. The molecule has 0 radical (unpaired) electrons. The van der Waals surface area contributed by atoms with Crippen molar-refractivity contribution in [2.24, 2.45) is 10.8 Å². The Balaban J connectivity index is 0.901. The summed E-state index contributed by atoms with van der Waals surface area (Å²) < 4.78 is 77.8. The fraction of sp³-hybridized carbons (Fsp3) is 0.727. The van der Waals surface area contributed by atoms with E-state index in [4.69, 9.17) is 0 Å². The Morgan fingerprint density at radius 3 is 2.19 bits per heavy atom. The van der Waals surface area contributed by atoms with Gasteiger partial charge in [-0.05, 0) is 18.9 Å². The van der Waals surface area contributed by atoms with Gasteiger partial charge in [-0.3, -0.25) is 9.58 Å². The highest BCUT2D eigenvalue weighted by molar-refractivity contribution is 5.77. The van der Waals surface area contributed by atoms with Gasteiger partial charge in [0.1, 0.15) is 6.33 Å². The largest absolute Gasteiger partial charge is 0.453 e. The summed E-state index contributed by atoms with van der Waals surface area (Å²) in [6.07, 6.45) is -5.61. The first kappa shape index (κ1) is 24.5. The lowest BCUT2D eigenvalue weighted by Gasteiger charge is -2.63. The van der Waals surface area contributed by atoms with Crippen LogP contribution in [0.4, 0.5) is 31.1 Å². The van der Waals surface area contributed by atoms with Crippen molar-refractivity contribution in [2.45, 2.75) is 50.7 Å². The molecule has 6 rings (SSSR count). The molecule has 5 heterocycles. The lowest BCUT2D eigenvalue weighted by Crippen LogP contribution is -2.75. The van der Waals surface area contributed by atoms with Gasteiger partial charge in [-0.2, -0.15) is 31.4 Å². The predicted octanol–water partition coefficient (Wildman–Crippen LogP) is 3.02. The summed E-state index contributed by atoms with van der Waals surface area (Å²) in [7, 11) is 0. The number of aromatic nitrogens is 5. The van der Waals surface area contributed by atoms with E-state index in [1.807, 2.05) is 4.90 Å². The van der Waals surface area contributed by atoms with Crippen molar-refractivity contribution < 1.29 is 31.1 Å². The Bertz CT molecular complexity index is 1160. The molecule has 2 spiro atoms. The van der Waals surface area contributed by atoms with Crippen LogP contribution in [0.3, 0.4) is 0 Å². The third-order valence-corrected chi connectivity index (χ3v) is 7.94. The third kappa shape index (κ3) is 4.66. The van der Waals surface area contributed by atoms with E-state index in [9.17, 15) is 31.1 Å². The molecule has 4 fully saturated rings. The number of carbonyl (C=O) groups is 1. The van der Waals surface area contributed by atoms with Gasteiger partial charge in [0.15, 0.2) is 0 Å². The molecular weight excluding hydrogens is 506 g/mol. The smallest absolute Gasteiger partial charge is 0.323 e. The molecule has 3 saturated heterocycles.